The molecule has 1 aliphatic carbocycles. The molecule has 0 bridgehead atoms. The highest BCUT2D eigenvalue weighted by atomic mass is 32.2. The number of carbonyl (C=O) groups excluding carboxylic acids is 1. The molecule has 1 amide bonds. The number of furan rings is 1. The van der Waals surface area contributed by atoms with Gasteiger partial charge in [-0.3, -0.25) is 4.79 Å². The molecule has 2 aromatic heterocycles. The average Bonchev–Trinajstić information content (AvgIpc) is 3.25. The molecule has 0 radical (unpaired) electrons. The molecule has 140 valence electrons. The van der Waals surface area contributed by atoms with Gasteiger partial charge in [-0.05, 0) is 30.5 Å². The summed E-state index contributed by atoms with van der Waals surface area (Å²) in [6.45, 7) is 1.20. The number of thioether (sulfide) groups is 1. The van der Waals surface area contributed by atoms with E-state index in [4.69, 9.17) is 4.42 Å². The van der Waals surface area contributed by atoms with Crippen LogP contribution in [0.25, 0.3) is 0 Å². The number of benzene rings is 1. The molecule has 1 fully saturated rings. The highest BCUT2D eigenvalue weighted by molar-refractivity contribution is 7.99. The van der Waals surface area contributed by atoms with E-state index in [1.165, 1.54) is 30.2 Å². The molecule has 0 unspecified atom stereocenters. The van der Waals surface area contributed by atoms with Crippen molar-refractivity contribution in [3.63, 3.8) is 0 Å². The van der Waals surface area contributed by atoms with Gasteiger partial charge in [0, 0.05) is 13.0 Å². The van der Waals surface area contributed by atoms with Crippen molar-refractivity contribution in [3.8, 4) is 0 Å². The van der Waals surface area contributed by atoms with Crippen LogP contribution in [0.15, 0.2) is 58.3 Å². The largest absolute Gasteiger partial charge is 0.467 e. The Labute approximate surface area is 162 Å². The van der Waals surface area contributed by atoms with E-state index in [-0.39, 0.29) is 5.91 Å². The number of rotatable bonds is 8. The maximum atomic E-state index is 12.5. The Hall–Kier alpha value is -2.54. The summed E-state index contributed by atoms with van der Waals surface area (Å²) in [5, 5.41) is 9.58. The maximum Gasteiger partial charge on any atom is 0.233 e. The van der Waals surface area contributed by atoms with Crippen LogP contribution in [-0.2, 0) is 17.9 Å². The van der Waals surface area contributed by atoms with Crippen LogP contribution in [0.1, 0.15) is 35.9 Å². The molecule has 0 spiro atoms. The number of aromatic nitrogens is 3. The van der Waals surface area contributed by atoms with Gasteiger partial charge in [-0.25, -0.2) is 0 Å². The molecule has 1 aromatic carbocycles. The predicted molar refractivity (Wildman–Crippen MR) is 103 cm³/mol. The first-order chi connectivity index (χ1) is 13.2. The van der Waals surface area contributed by atoms with E-state index in [2.05, 4.69) is 26.9 Å². The number of carbonyl (C=O) groups is 1. The van der Waals surface area contributed by atoms with Gasteiger partial charge in [0.2, 0.25) is 5.91 Å². The van der Waals surface area contributed by atoms with Crippen LogP contribution >= 0.6 is 11.8 Å². The van der Waals surface area contributed by atoms with Crippen LogP contribution in [0.2, 0.25) is 0 Å². The minimum Gasteiger partial charge on any atom is -0.467 e. The third-order valence-electron chi connectivity index (χ3n) is 4.60. The highest BCUT2D eigenvalue weighted by Gasteiger charge is 2.30. The fourth-order valence-corrected chi connectivity index (χ4v) is 3.81. The fourth-order valence-electron chi connectivity index (χ4n) is 2.93. The lowest BCUT2D eigenvalue weighted by molar-refractivity contribution is -0.127. The van der Waals surface area contributed by atoms with Gasteiger partial charge in [0.15, 0.2) is 5.16 Å². The van der Waals surface area contributed by atoms with Crippen molar-refractivity contribution >= 4 is 17.7 Å². The molecule has 2 heterocycles. The summed E-state index contributed by atoms with van der Waals surface area (Å²) in [6.07, 6.45) is 3.96. The molecular weight excluding hydrogens is 360 g/mol. The van der Waals surface area contributed by atoms with Gasteiger partial charge in [-0.15, -0.1) is 10.2 Å². The number of amides is 1. The summed E-state index contributed by atoms with van der Waals surface area (Å²) in [5.74, 6) is 2.69. The van der Waals surface area contributed by atoms with Crippen molar-refractivity contribution < 1.29 is 9.21 Å². The smallest absolute Gasteiger partial charge is 0.233 e. The number of nitrogens with zero attached hydrogens (tertiary/aromatic N) is 4. The van der Waals surface area contributed by atoms with Crippen molar-refractivity contribution in [2.75, 3.05) is 12.8 Å². The summed E-state index contributed by atoms with van der Waals surface area (Å²) in [6, 6.07) is 14.0. The second kappa shape index (κ2) is 8.00. The SMILES string of the molecule is CN(Cc1ccco1)C(=O)CSc1nnc(C2CC2)n1Cc1ccccc1. The van der Waals surface area contributed by atoms with E-state index in [1.54, 1.807) is 18.2 Å². The molecule has 4 rings (SSSR count). The molecule has 0 atom stereocenters. The molecule has 3 aromatic rings. The summed E-state index contributed by atoms with van der Waals surface area (Å²) in [5.41, 5.74) is 1.21. The second-order valence-corrected chi connectivity index (χ2v) is 7.75. The first-order valence-corrected chi connectivity index (χ1v) is 10.1. The normalized spacial score (nSPS) is 13.7. The quantitative estimate of drug-likeness (QED) is 0.558. The van der Waals surface area contributed by atoms with E-state index in [9.17, 15) is 4.79 Å². The first kappa shape index (κ1) is 17.9. The Morgan fingerprint density at radius 3 is 2.74 bits per heavy atom. The minimum absolute atomic E-state index is 0.0404. The first-order valence-electron chi connectivity index (χ1n) is 9.07. The van der Waals surface area contributed by atoms with Crippen LogP contribution in [-0.4, -0.2) is 38.4 Å². The predicted octanol–water partition coefficient (Wildman–Crippen LogP) is 3.55. The lowest BCUT2D eigenvalue weighted by Crippen LogP contribution is -2.27. The molecule has 7 heteroatoms. The molecule has 27 heavy (non-hydrogen) atoms. The Morgan fingerprint density at radius 2 is 2.04 bits per heavy atom. The molecular formula is C20H22N4O2S. The van der Waals surface area contributed by atoms with Gasteiger partial charge in [0.05, 0.1) is 25.1 Å². The number of hydrogen-bond acceptors (Lipinski definition) is 5. The standard InChI is InChI=1S/C20H22N4O2S/c1-23(13-17-8-5-11-26-17)18(25)14-27-20-22-21-19(16-9-10-16)24(20)12-15-6-3-2-4-7-15/h2-8,11,16H,9-10,12-14H2,1H3. The number of hydrogen-bond donors (Lipinski definition) is 0. The van der Waals surface area contributed by atoms with Gasteiger partial charge in [-0.2, -0.15) is 0 Å². The van der Waals surface area contributed by atoms with Crippen molar-refractivity contribution in [2.24, 2.45) is 0 Å². The molecule has 1 saturated carbocycles. The second-order valence-electron chi connectivity index (χ2n) is 6.80. The van der Waals surface area contributed by atoms with Crippen molar-refractivity contribution in [1.29, 1.82) is 0 Å². The molecule has 0 aliphatic heterocycles. The lowest BCUT2D eigenvalue weighted by atomic mass is 10.2. The average molecular weight is 382 g/mol. The van der Waals surface area contributed by atoms with Crippen LogP contribution in [0, 0.1) is 0 Å². The van der Waals surface area contributed by atoms with Crippen molar-refractivity contribution in [3.05, 3.63) is 65.9 Å². The van der Waals surface area contributed by atoms with Crippen molar-refractivity contribution in [1.82, 2.24) is 19.7 Å². The van der Waals surface area contributed by atoms with Gasteiger partial charge in [-0.1, -0.05) is 42.1 Å². The van der Waals surface area contributed by atoms with Crippen LogP contribution in [0.3, 0.4) is 0 Å². The van der Waals surface area contributed by atoms with E-state index >= 15 is 0 Å². The van der Waals surface area contributed by atoms with Gasteiger partial charge < -0.3 is 13.9 Å². The highest BCUT2D eigenvalue weighted by Crippen LogP contribution is 2.40. The van der Waals surface area contributed by atoms with Crippen LogP contribution < -0.4 is 0 Å². The van der Waals surface area contributed by atoms with Crippen LogP contribution in [0.4, 0.5) is 0 Å². The summed E-state index contributed by atoms with van der Waals surface area (Å²) in [7, 11) is 1.79. The third kappa shape index (κ3) is 4.42. The Morgan fingerprint density at radius 1 is 1.22 bits per heavy atom. The maximum absolute atomic E-state index is 12.5. The topological polar surface area (TPSA) is 64.2 Å². The van der Waals surface area contributed by atoms with Crippen molar-refractivity contribution in [2.45, 2.75) is 37.0 Å². The molecule has 0 N–H and O–H groups in total. The minimum atomic E-state index is 0.0404. The van der Waals surface area contributed by atoms with Crippen LogP contribution in [0.5, 0.6) is 0 Å². The van der Waals surface area contributed by atoms with Gasteiger partial charge >= 0.3 is 0 Å². The molecule has 0 saturated heterocycles. The van der Waals surface area contributed by atoms with E-state index in [0.29, 0.717) is 18.2 Å². The Balaban J connectivity index is 1.43. The summed E-state index contributed by atoms with van der Waals surface area (Å²) in [4.78, 5) is 14.1. The zero-order valence-corrected chi connectivity index (χ0v) is 16.1. The third-order valence-corrected chi connectivity index (χ3v) is 5.55. The Kier molecular flexibility index (Phi) is 5.29. The molecule has 6 nitrogen and oxygen atoms in total. The van der Waals surface area contributed by atoms with E-state index in [1.807, 2.05) is 30.3 Å². The zero-order chi connectivity index (χ0) is 18.6. The monoisotopic (exact) mass is 382 g/mol. The Bertz CT molecular complexity index is 888. The summed E-state index contributed by atoms with van der Waals surface area (Å²) >= 11 is 1.45. The van der Waals surface area contributed by atoms with Gasteiger partial charge in [0.25, 0.3) is 0 Å². The zero-order valence-electron chi connectivity index (χ0n) is 15.2. The fraction of sp³-hybridized carbons (Fsp3) is 0.350. The van der Waals surface area contributed by atoms with E-state index < -0.39 is 0 Å². The van der Waals surface area contributed by atoms with Gasteiger partial charge in [0.1, 0.15) is 11.6 Å². The lowest BCUT2D eigenvalue weighted by Gasteiger charge is -2.15. The van der Waals surface area contributed by atoms with E-state index in [0.717, 1.165) is 23.3 Å². The summed E-state index contributed by atoms with van der Waals surface area (Å²) < 4.78 is 7.48. The molecule has 1 aliphatic rings.